The molecule has 1 aliphatic rings. The van der Waals surface area contributed by atoms with E-state index in [1.807, 2.05) is 0 Å². The van der Waals surface area contributed by atoms with E-state index >= 15 is 0 Å². The topological polar surface area (TPSA) is 120 Å². The quantitative estimate of drug-likeness (QED) is 0.874. The van der Waals surface area contributed by atoms with Crippen molar-refractivity contribution >= 4 is 23.4 Å². The lowest BCUT2D eigenvalue weighted by molar-refractivity contribution is 0.0697. The maximum atomic E-state index is 11.1. The van der Waals surface area contributed by atoms with Gasteiger partial charge < -0.3 is 10.8 Å². The van der Waals surface area contributed by atoms with Gasteiger partial charge in [0.15, 0.2) is 0 Å². The number of rotatable bonds is 4. The molecule has 0 bridgehead atoms. The zero-order valence-electron chi connectivity index (χ0n) is 11.1. The fraction of sp³-hybridized carbons (Fsp3) is 0.417. The molecule has 0 aliphatic heterocycles. The van der Waals surface area contributed by atoms with E-state index in [1.165, 1.54) is 36.9 Å². The van der Waals surface area contributed by atoms with Crippen LogP contribution in [0.1, 0.15) is 42.1 Å². The van der Waals surface area contributed by atoms with Gasteiger partial charge in [0.1, 0.15) is 5.03 Å². The van der Waals surface area contributed by atoms with Crippen molar-refractivity contribution in [2.45, 2.75) is 41.9 Å². The summed E-state index contributed by atoms with van der Waals surface area (Å²) in [6, 6.07) is 1.76. The molecule has 3 rings (SSSR count). The van der Waals surface area contributed by atoms with Crippen LogP contribution in [0, 0.1) is 0 Å². The molecule has 0 radical (unpaired) electrons. The van der Waals surface area contributed by atoms with Crippen molar-refractivity contribution in [2.75, 3.05) is 5.73 Å². The van der Waals surface area contributed by atoms with Gasteiger partial charge in [0.2, 0.25) is 5.16 Å². The number of hydrogen-bond acceptors (Lipinski definition) is 7. The summed E-state index contributed by atoms with van der Waals surface area (Å²) in [5.74, 6) is -1.08. The minimum Gasteiger partial charge on any atom is -0.478 e. The number of nitrogens with zero attached hydrogens (tertiary/aromatic N) is 5. The predicted molar refractivity (Wildman–Crippen MR) is 75.1 cm³/mol. The van der Waals surface area contributed by atoms with Crippen LogP contribution in [0.4, 0.5) is 5.69 Å². The molecule has 2 aromatic heterocycles. The number of carbonyl (C=O) groups is 1. The molecule has 21 heavy (non-hydrogen) atoms. The Morgan fingerprint density at radius 1 is 1.43 bits per heavy atom. The highest BCUT2D eigenvalue weighted by molar-refractivity contribution is 7.99. The molecule has 2 heterocycles. The number of anilines is 1. The molecular formula is C12H14N6O2S. The van der Waals surface area contributed by atoms with Crippen LogP contribution in [0.2, 0.25) is 0 Å². The van der Waals surface area contributed by atoms with E-state index in [1.54, 1.807) is 4.68 Å². The van der Waals surface area contributed by atoms with Gasteiger partial charge in [0.25, 0.3) is 0 Å². The van der Waals surface area contributed by atoms with Crippen LogP contribution in [-0.2, 0) is 0 Å². The average molecular weight is 306 g/mol. The molecule has 3 N–H and O–H groups in total. The molecule has 0 spiro atoms. The maximum Gasteiger partial charge on any atom is 0.337 e. The first kappa shape index (κ1) is 13.8. The molecular weight excluding hydrogens is 292 g/mol. The molecule has 110 valence electrons. The third-order valence-corrected chi connectivity index (χ3v) is 4.35. The molecule has 0 amide bonds. The predicted octanol–water partition coefficient (Wildman–Crippen LogP) is 1.61. The van der Waals surface area contributed by atoms with E-state index in [-0.39, 0.29) is 11.3 Å². The Balaban J connectivity index is 1.85. The summed E-state index contributed by atoms with van der Waals surface area (Å²) in [5.41, 5.74) is 5.77. The Morgan fingerprint density at radius 3 is 2.90 bits per heavy atom. The number of hydrogen-bond donors (Lipinski definition) is 2. The highest BCUT2D eigenvalue weighted by Crippen LogP contribution is 2.33. The van der Waals surface area contributed by atoms with Gasteiger partial charge in [-0.3, -0.25) is 0 Å². The Bertz CT molecular complexity index is 668. The molecule has 0 unspecified atom stereocenters. The minimum absolute atomic E-state index is 0.0346. The summed E-state index contributed by atoms with van der Waals surface area (Å²) in [7, 11) is 0. The molecule has 2 aromatic rings. The monoisotopic (exact) mass is 306 g/mol. The summed E-state index contributed by atoms with van der Waals surface area (Å²) in [6.07, 6.45) is 5.83. The van der Waals surface area contributed by atoms with E-state index in [0.29, 0.717) is 16.2 Å². The molecule has 9 heteroatoms. The van der Waals surface area contributed by atoms with Crippen molar-refractivity contribution < 1.29 is 9.90 Å². The van der Waals surface area contributed by atoms with Crippen molar-refractivity contribution in [2.24, 2.45) is 0 Å². The number of nitrogens with two attached hydrogens (primary N) is 1. The molecule has 0 saturated heterocycles. The smallest absolute Gasteiger partial charge is 0.337 e. The van der Waals surface area contributed by atoms with Crippen LogP contribution in [0.3, 0.4) is 0 Å². The van der Waals surface area contributed by atoms with Crippen LogP contribution in [0.5, 0.6) is 0 Å². The molecule has 1 fully saturated rings. The van der Waals surface area contributed by atoms with E-state index in [0.717, 1.165) is 12.8 Å². The third kappa shape index (κ3) is 2.82. The SMILES string of the molecule is Nc1cnc(Sc2nnnn2C2CCCC2)cc1C(=O)O. The van der Waals surface area contributed by atoms with Gasteiger partial charge in [-0.25, -0.2) is 14.5 Å². The lowest BCUT2D eigenvalue weighted by atomic mass is 10.2. The van der Waals surface area contributed by atoms with Gasteiger partial charge in [-0.15, -0.1) is 5.10 Å². The molecule has 0 aromatic carbocycles. The van der Waals surface area contributed by atoms with Gasteiger partial charge in [-0.05, 0) is 41.1 Å². The van der Waals surface area contributed by atoms with E-state index in [2.05, 4.69) is 20.5 Å². The standard InChI is InChI=1S/C12H14N6O2S/c13-9-6-14-10(5-8(9)11(19)20)21-12-15-16-17-18(12)7-3-1-2-4-7/h5-7H,1-4,13H2,(H,19,20). The van der Waals surface area contributed by atoms with Crippen molar-refractivity contribution in [3.8, 4) is 0 Å². The second-order valence-corrected chi connectivity index (χ2v) is 5.85. The zero-order valence-corrected chi connectivity index (χ0v) is 12.0. The largest absolute Gasteiger partial charge is 0.478 e. The normalized spacial score (nSPS) is 15.4. The second-order valence-electron chi connectivity index (χ2n) is 4.86. The van der Waals surface area contributed by atoms with Crippen molar-refractivity contribution in [3.05, 3.63) is 17.8 Å². The number of aromatic nitrogens is 5. The first-order valence-electron chi connectivity index (χ1n) is 6.59. The van der Waals surface area contributed by atoms with Crippen LogP contribution in [-0.4, -0.2) is 36.3 Å². The number of aromatic carboxylic acids is 1. The number of carboxylic acid groups (broad SMARTS) is 1. The number of nitrogen functional groups attached to an aromatic ring is 1. The van der Waals surface area contributed by atoms with Crippen LogP contribution in [0.15, 0.2) is 22.4 Å². The summed E-state index contributed by atoms with van der Waals surface area (Å²) in [6.45, 7) is 0. The zero-order chi connectivity index (χ0) is 14.8. The van der Waals surface area contributed by atoms with Gasteiger partial charge in [-0.1, -0.05) is 12.8 Å². The highest BCUT2D eigenvalue weighted by Gasteiger charge is 2.22. The second kappa shape index (κ2) is 5.68. The van der Waals surface area contributed by atoms with Gasteiger partial charge in [0, 0.05) is 0 Å². The van der Waals surface area contributed by atoms with Gasteiger partial charge in [0.05, 0.1) is 23.5 Å². The Morgan fingerprint density at radius 2 is 2.19 bits per heavy atom. The molecule has 8 nitrogen and oxygen atoms in total. The van der Waals surface area contributed by atoms with E-state index in [9.17, 15) is 4.79 Å². The van der Waals surface area contributed by atoms with Crippen LogP contribution < -0.4 is 5.73 Å². The fourth-order valence-electron chi connectivity index (χ4n) is 2.41. The van der Waals surface area contributed by atoms with Gasteiger partial charge in [-0.2, -0.15) is 0 Å². The highest BCUT2D eigenvalue weighted by atomic mass is 32.2. The lowest BCUT2D eigenvalue weighted by Crippen LogP contribution is -2.08. The third-order valence-electron chi connectivity index (χ3n) is 3.47. The van der Waals surface area contributed by atoms with Crippen molar-refractivity contribution in [1.82, 2.24) is 25.2 Å². The Kier molecular flexibility index (Phi) is 3.74. The molecule has 0 atom stereocenters. The van der Waals surface area contributed by atoms with Crippen LogP contribution in [0.25, 0.3) is 0 Å². The van der Waals surface area contributed by atoms with E-state index < -0.39 is 5.97 Å². The number of pyridine rings is 1. The maximum absolute atomic E-state index is 11.1. The van der Waals surface area contributed by atoms with Crippen LogP contribution >= 0.6 is 11.8 Å². The molecule has 1 aliphatic carbocycles. The Hall–Kier alpha value is -2.16. The summed E-state index contributed by atoms with van der Waals surface area (Å²) >= 11 is 1.24. The number of carboxylic acids is 1. The summed E-state index contributed by atoms with van der Waals surface area (Å²) < 4.78 is 1.80. The minimum atomic E-state index is -1.08. The fourth-order valence-corrected chi connectivity index (χ4v) is 3.24. The van der Waals surface area contributed by atoms with Crippen molar-refractivity contribution in [1.29, 1.82) is 0 Å². The first-order valence-corrected chi connectivity index (χ1v) is 7.41. The van der Waals surface area contributed by atoms with Gasteiger partial charge >= 0.3 is 5.97 Å². The average Bonchev–Trinajstić information content (AvgIpc) is 3.11. The molecule has 1 saturated carbocycles. The summed E-state index contributed by atoms with van der Waals surface area (Å²) in [5, 5.41) is 22.0. The summed E-state index contributed by atoms with van der Waals surface area (Å²) in [4.78, 5) is 15.2. The number of tetrazole rings is 1. The lowest BCUT2D eigenvalue weighted by Gasteiger charge is -2.10. The van der Waals surface area contributed by atoms with E-state index in [4.69, 9.17) is 10.8 Å². The van der Waals surface area contributed by atoms with Crippen molar-refractivity contribution in [3.63, 3.8) is 0 Å². The Labute approximate surface area is 124 Å². The first-order chi connectivity index (χ1) is 10.1.